The highest BCUT2D eigenvalue weighted by molar-refractivity contribution is 5.86. The summed E-state index contributed by atoms with van der Waals surface area (Å²) in [7, 11) is 1.30. The maximum Gasteiger partial charge on any atom is 0.358 e. The number of carbonyl (C=O) groups is 2. The summed E-state index contributed by atoms with van der Waals surface area (Å²) in [5.74, 6) is -1.52. The molecule has 0 aliphatic heterocycles. The van der Waals surface area contributed by atoms with Crippen LogP contribution < -0.4 is 0 Å². The quantitative estimate of drug-likeness (QED) is 0.775. The topological polar surface area (TPSA) is 115 Å². The minimum atomic E-state index is -1.05. The minimum Gasteiger partial charge on any atom is -0.476 e. The Kier molecular flexibility index (Phi) is 5.54. The average molecular weight is 262 g/mol. The molecule has 98 valence electrons. The van der Waals surface area contributed by atoms with Gasteiger partial charge in [0, 0.05) is 24.8 Å². The van der Waals surface area contributed by atoms with E-state index >= 15 is 0 Å². The second-order valence-electron chi connectivity index (χ2n) is 2.98. The first-order chi connectivity index (χ1) is 9.15. The van der Waals surface area contributed by atoms with Crippen molar-refractivity contribution in [3.63, 3.8) is 0 Å². The predicted molar refractivity (Wildman–Crippen MR) is 62.4 cm³/mol. The number of rotatable bonds is 2. The van der Waals surface area contributed by atoms with Gasteiger partial charge in [-0.25, -0.2) is 19.6 Å². The molecule has 0 amide bonds. The molecule has 1 N–H and O–H groups in total. The molecular weight excluding hydrogens is 252 g/mol. The zero-order chi connectivity index (χ0) is 14.1. The molecule has 8 heteroatoms. The zero-order valence-corrected chi connectivity index (χ0v) is 9.92. The number of carbonyl (C=O) groups excluding carboxylic acids is 1. The predicted octanol–water partition coefficient (Wildman–Crippen LogP) is 0.438. The molecule has 0 aromatic carbocycles. The summed E-state index contributed by atoms with van der Waals surface area (Å²) in [6.07, 6.45) is 8.24. The molecule has 2 aromatic heterocycles. The van der Waals surface area contributed by atoms with Gasteiger partial charge in [0.15, 0.2) is 11.4 Å². The van der Waals surface area contributed by atoms with Crippen molar-refractivity contribution in [1.82, 2.24) is 19.9 Å². The molecule has 2 aromatic rings. The van der Waals surface area contributed by atoms with Crippen LogP contribution in [-0.4, -0.2) is 44.1 Å². The maximum absolute atomic E-state index is 10.7. The Labute approximate surface area is 108 Å². The fourth-order valence-electron chi connectivity index (χ4n) is 0.919. The van der Waals surface area contributed by atoms with E-state index < -0.39 is 11.9 Å². The molecule has 0 atom stereocenters. The van der Waals surface area contributed by atoms with Crippen LogP contribution in [0, 0.1) is 0 Å². The van der Waals surface area contributed by atoms with Gasteiger partial charge < -0.3 is 9.84 Å². The third-order valence-electron chi connectivity index (χ3n) is 1.74. The molecule has 8 nitrogen and oxygen atoms in total. The van der Waals surface area contributed by atoms with Crippen molar-refractivity contribution >= 4 is 11.9 Å². The molecule has 0 spiro atoms. The fraction of sp³-hybridized carbons (Fsp3) is 0.0909. The van der Waals surface area contributed by atoms with Crippen LogP contribution in [0.5, 0.6) is 0 Å². The number of aromatic carboxylic acids is 1. The summed E-state index contributed by atoms with van der Waals surface area (Å²) < 4.78 is 4.39. The molecule has 0 bridgehead atoms. The monoisotopic (exact) mass is 262 g/mol. The highest BCUT2D eigenvalue weighted by Crippen LogP contribution is 1.91. The summed E-state index contributed by atoms with van der Waals surface area (Å²) in [4.78, 5) is 35.3. The van der Waals surface area contributed by atoms with Crippen molar-refractivity contribution in [2.75, 3.05) is 7.11 Å². The number of ether oxygens (including phenoxy) is 1. The first-order valence-electron chi connectivity index (χ1n) is 4.98. The van der Waals surface area contributed by atoms with Gasteiger partial charge in [0.25, 0.3) is 0 Å². The highest BCUT2D eigenvalue weighted by Gasteiger charge is 2.03. The van der Waals surface area contributed by atoms with Crippen LogP contribution in [-0.2, 0) is 4.74 Å². The Hall–Kier alpha value is -2.90. The maximum atomic E-state index is 10.7. The van der Waals surface area contributed by atoms with E-state index in [4.69, 9.17) is 5.11 Å². The number of carboxylic acid groups (broad SMARTS) is 1. The van der Waals surface area contributed by atoms with E-state index in [0.717, 1.165) is 0 Å². The molecule has 0 aliphatic rings. The van der Waals surface area contributed by atoms with Crippen molar-refractivity contribution in [2.45, 2.75) is 0 Å². The van der Waals surface area contributed by atoms with Crippen molar-refractivity contribution in [1.29, 1.82) is 0 Å². The van der Waals surface area contributed by atoms with Gasteiger partial charge in [-0.15, -0.1) is 0 Å². The van der Waals surface area contributed by atoms with E-state index in [0.29, 0.717) is 0 Å². The van der Waals surface area contributed by atoms with Crippen molar-refractivity contribution in [3.05, 3.63) is 48.6 Å². The summed E-state index contributed by atoms with van der Waals surface area (Å²) in [6.45, 7) is 0. The van der Waals surface area contributed by atoms with Crippen molar-refractivity contribution in [3.8, 4) is 0 Å². The smallest absolute Gasteiger partial charge is 0.358 e. The van der Waals surface area contributed by atoms with E-state index in [1.54, 1.807) is 0 Å². The number of nitrogens with zero attached hydrogens (tertiary/aromatic N) is 4. The van der Waals surface area contributed by atoms with Crippen LogP contribution in [0.1, 0.15) is 21.0 Å². The van der Waals surface area contributed by atoms with Crippen LogP contribution in [0.2, 0.25) is 0 Å². The van der Waals surface area contributed by atoms with Gasteiger partial charge in [0.05, 0.1) is 19.5 Å². The Morgan fingerprint density at radius 3 is 1.84 bits per heavy atom. The lowest BCUT2D eigenvalue weighted by Crippen LogP contribution is -2.03. The molecule has 2 heterocycles. The second-order valence-corrected chi connectivity index (χ2v) is 2.98. The van der Waals surface area contributed by atoms with Gasteiger partial charge in [0.2, 0.25) is 0 Å². The molecule has 0 radical (unpaired) electrons. The van der Waals surface area contributed by atoms with E-state index in [1.807, 2.05) is 0 Å². The zero-order valence-electron chi connectivity index (χ0n) is 9.92. The lowest BCUT2D eigenvalue weighted by Gasteiger charge is -1.93. The van der Waals surface area contributed by atoms with Crippen LogP contribution >= 0.6 is 0 Å². The summed E-state index contributed by atoms with van der Waals surface area (Å²) in [5, 5.41) is 8.28. The van der Waals surface area contributed by atoms with E-state index in [-0.39, 0.29) is 11.4 Å². The lowest BCUT2D eigenvalue weighted by atomic mass is 10.5. The number of hydrogen-bond donors (Lipinski definition) is 1. The number of aromatic nitrogens is 4. The van der Waals surface area contributed by atoms with E-state index in [2.05, 4.69) is 24.7 Å². The second kappa shape index (κ2) is 7.43. The first-order valence-corrected chi connectivity index (χ1v) is 4.98. The number of methoxy groups -OCH3 is 1. The van der Waals surface area contributed by atoms with Crippen LogP contribution in [0.25, 0.3) is 0 Å². The van der Waals surface area contributed by atoms with Crippen LogP contribution in [0.4, 0.5) is 0 Å². The minimum absolute atomic E-state index is 0.0301. The average Bonchev–Trinajstić information content (AvgIpc) is 2.49. The molecule has 2 rings (SSSR count). The standard InChI is InChI=1S/C6H6N2O2.C5H4N2O2/c1-10-6(9)5-4-7-2-3-8-5;8-5(9)4-3-6-1-2-7-4/h2-4H,1H3;1-3H,(H,8,9). The Bertz CT molecular complexity index is 533. The highest BCUT2D eigenvalue weighted by atomic mass is 16.5. The van der Waals surface area contributed by atoms with E-state index in [1.165, 1.54) is 44.3 Å². The molecular formula is C11H10N4O4. The summed E-state index contributed by atoms with van der Waals surface area (Å²) >= 11 is 0. The van der Waals surface area contributed by atoms with Gasteiger partial charge >= 0.3 is 11.9 Å². The largest absolute Gasteiger partial charge is 0.476 e. The molecule has 0 unspecified atom stereocenters. The van der Waals surface area contributed by atoms with Gasteiger partial charge in [-0.3, -0.25) is 9.97 Å². The molecule has 0 aliphatic carbocycles. The summed E-state index contributed by atoms with van der Waals surface area (Å²) in [5.41, 5.74) is 0.197. The third-order valence-corrected chi connectivity index (χ3v) is 1.74. The van der Waals surface area contributed by atoms with Crippen LogP contribution in [0.3, 0.4) is 0 Å². The Balaban J connectivity index is 0.000000191. The van der Waals surface area contributed by atoms with Gasteiger partial charge in [-0.2, -0.15) is 0 Å². The Morgan fingerprint density at radius 2 is 1.53 bits per heavy atom. The number of esters is 1. The Morgan fingerprint density at radius 1 is 1.00 bits per heavy atom. The van der Waals surface area contributed by atoms with Gasteiger partial charge in [-0.05, 0) is 0 Å². The SMILES string of the molecule is COC(=O)c1cnccn1.O=C(O)c1cnccn1. The molecule has 0 fully saturated rings. The van der Waals surface area contributed by atoms with Gasteiger partial charge in [-0.1, -0.05) is 0 Å². The normalized spacial score (nSPS) is 8.89. The molecule has 0 saturated heterocycles. The van der Waals surface area contributed by atoms with E-state index in [9.17, 15) is 9.59 Å². The summed E-state index contributed by atoms with van der Waals surface area (Å²) in [6, 6.07) is 0. The third kappa shape index (κ3) is 4.86. The van der Waals surface area contributed by atoms with Gasteiger partial charge in [0.1, 0.15) is 0 Å². The number of hydrogen-bond acceptors (Lipinski definition) is 7. The van der Waals surface area contributed by atoms with Crippen molar-refractivity contribution in [2.24, 2.45) is 0 Å². The first kappa shape index (κ1) is 14.2. The lowest BCUT2D eigenvalue weighted by molar-refractivity contribution is 0.0592. The number of carboxylic acids is 1. The fourth-order valence-corrected chi connectivity index (χ4v) is 0.919. The molecule has 0 saturated carbocycles. The van der Waals surface area contributed by atoms with Crippen molar-refractivity contribution < 1.29 is 19.4 Å². The van der Waals surface area contributed by atoms with Crippen LogP contribution in [0.15, 0.2) is 37.2 Å². The molecule has 19 heavy (non-hydrogen) atoms.